The lowest BCUT2D eigenvalue weighted by Gasteiger charge is -2.43. The minimum Gasteiger partial charge on any atom is -0.0683 e. The van der Waals surface area contributed by atoms with E-state index in [0.29, 0.717) is 0 Å². The minimum absolute atomic E-state index is 1.03. The van der Waals surface area contributed by atoms with Crippen LogP contribution in [0.1, 0.15) is 159 Å². The lowest BCUT2D eigenvalue weighted by molar-refractivity contribution is 0.0702. The highest BCUT2D eigenvalue weighted by atomic mass is 14.4. The maximum Gasteiger partial charge on any atom is -0.0184 e. The Labute approximate surface area is 253 Å². The van der Waals surface area contributed by atoms with Crippen LogP contribution in [0.4, 0.5) is 0 Å². The molecule has 0 N–H and O–H groups in total. The van der Waals surface area contributed by atoms with Crippen molar-refractivity contribution in [3.63, 3.8) is 0 Å². The van der Waals surface area contributed by atoms with E-state index in [1.165, 1.54) is 75.0 Å². The fourth-order valence-electron chi connectivity index (χ4n) is 7.61. The Kier molecular flexibility index (Phi) is 24.6. The second-order valence-corrected chi connectivity index (χ2v) is 11.6. The third-order valence-electron chi connectivity index (χ3n) is 9.53. The second kappa shape index (κ2) is 25.4. The van der Waals surface area contributed by atoms with E-state index in [9.17, 15) is 0 Å². The van der Waals surface area contributed by atoms with Gasteiger partial charge in [0.15, 0.2) is 0 Å². The Morgan fingerprint density at radius 1 is 0.375 bits per heavy atom. The van der Waals surface area contributed by atoms with Gasteiger partial charge in [0.05, 0.1) is 0 Å². The molecule has 0 bridgehead atoms. The zero-order valence-corrected chi connectivity index (χ0v) is 29.0. The van der Waals surface area contributed by atoms with Gasteiger partial charge in [0.25, 0.3) is 0 Å². The van der Waals surface area contributed by atoms with Crippen LogP contribution >= 0.6 is 0 Å². The highest BCUT2D eigenvalue weighted by molar-refractivity contribution is 5.82. The van der Waals surface area contributed by atoms with Gasteiger partial charge in [0, 0.05) is 0 Å². The van der Waals surface area contributed by atoms with Gasteiger partial charge in [0.2, 0.25) is 0 Å². The molecule has 0 heterocycles. The van der Waals surface area contributed by atoms with Crippen molar-refractivity contribution < 1.29 is 0 Å². The quantitative estimate of drug-likeness (QED) is 0.305. The number of rotatable bonds is 0. The molecule has 0 radical (unpaired) electrons. The minimum atomic E-state index is 1.03. The first-order valence-corrected chi connectivity index (χ1v) is 18.2. The van der Waals surface area contributed by atoms with Gasteiger partial charge in [-0.2, -0.15) is 0 Å². The topological polar surface area (TPSA) is 0 Å². The van der Waals surface area contributed by atoms with E-state index >= 15 is 0 Å². The Hall–Kier alpha value is -1.30. The molecule has 0 saturated heterocycles. The van der Waals surface area contributed by atoms with E-state index in [2.05, 4.69) is 62.4 Å². The number of hydrogen-bond acceptors (Lipinski definition) is 0. The van der Waals surface area contributed by atoms with Crippen LogP contribution in [0.3, 0.4) is 0 Å². The van der Waals surface area contributed by atoms with Gasteiger partial charge < -0.3 is 0 Å². The molecule has 4 fully saturated rings. The third-order valence-corrected chi connectivity index (χ3v) is 9.53. The van der Waals surface area contributed by atoms with Crippen molar-refractivity contribution in [3.05, 3.63) is 48.5 Å². The summed E-state index contributed by atoms with van der Waals surface area (Å²) in [4.78, 5) is 0. The van der Waals surface area contributed by atoms with Crippen molar-refractivity contribution in [1.82, 2.24) is 0 Å². The number of fused-ring (bicyclic) bond motifs is 3. The molecule has 2 aromatic carbocycles. The fourth-order valence-corrected chi connectivity index (χ4v) is 7.61. The van der Waals surface area contributed by atoms with Gasteiger partial charge in [0.1, 0.15) is 0 Å². The predicted octanol–water partition coefficient (Wildman–Crippen LogP) is 14.2. The molecule has 0 amide bonds. The summed E-state index contributed by atoms with van der Waals surface area (Å²) < 4.78 is 0. The highest BCUT2D eigenvalue weighted by Crippen LogP contribution is 2.46. The van der Waals surface area contributed by atoms with E-state index < -0.39 is 0 Å². The molecule has 2 aromatic rings. The number of hydrogen-bond donors (Lipinski definition) is 0. The maximum atomic E-state index is 2.48. The average molecular weight is 553 g/mol. The van der Waals surface area contributed by atoms with Gasteiger partial charge >= 0.3 is 0 Å². The fraction of sp³-hybridized carbons (Fsp3) is 0.750. The van der Waals surface area contributed by atoms with Gasteiger partial charge in [-0.25, -0.2) is 0 Å². The zero-order valence-electron chi connectivity index (χ0n) is 29.0. The largest absolute Gasteiger partial charge is 0.0683 e. The number of benzene rings is 2. The highest BCUT2D eigenvalue weighted by Gasteiger charge is 2.36. The van der Waals surface area contributed by atoms with Crippen molar-refractivity contribution in [2.24, 2.45) is 35.5 Å². The Morgan fingerprint density at radius 3 is 0.925 bits per heavy atom. The molecule has 4 aliphatic rings. The van der Waals surface area contributed by atoms with Crippen molar-refractivity contribution in [2.45, 2.75) is 159 Å². The van der Waals surface area contributed by atoms with E-state index in [1.54, 1.807) is 25.7 Å². The molecular formula is C40H72. The summed E-state index contributed by atoms with van der Waals surface area (Å²) in [7, 11) is 0. The summed E-state index contributed by atoms with van der Waals surface area (Å²) >= 11 is 0. The van der Waals surface area contributed by atoms with E-state index in [1.807, 2.05) is 55.4 Å². The lowest BCUT2D eigenvalue weighted by atomic mass is 9.62. The molecule has 4 aliphatic carbocycles. The SMILES string of the molecule is C1CCC2CCCCC2C1.CC.CC.CC.CC.CC1CCCC2C(C)CCCC12.c1ccc2ccccc2c1. The monoisotopic (exact) mass is 553 g/mol. The molecule has 0 aliphatic heterocycles. The molecule has 0 aromatic heterocycles. The summed E-state index contributed by atoms with van der Waals surface area (Å²) in [5.41, 5.74) is 0. The average Bonchev–Trinajstić information content (AvgIpc) is 3.06. The summed E-state index contributed by atoms with van der Waals surface area (Å²) in [5, 5.41) is 2.62. The molecule has 6 rings (SSSR count). The van der Waals surface area contributed by atoms with Crippen LogP contribution in [0.5, 0.6) is 0 Å². The molecule has 0 spiro atoms. The van der Waals surface area contributed by atoms with Crippen molar-refractivity contribution in [2.75, 3.05) is 0 Å². The first-order chi connectivity index (χ1) is 19.7. The second-order valence-electron chi connectivity index (χ2n) is 11.6. The molecule has 4 unspecified atom stereocenters. The molecule has 0 nitrogen and oxygen atoms in total. The zero-order chi connectivity index (χ0) is 30.2. The van der Waals surface area contributed by atoms with Gasteiger partial charge in [-0.05, 0) is 59.1 Å². The summed E-state index contributed by atoms with van der Waals surface area (Å²) in [6.45, 7) is 21.0. The molecule has 4 saturated carbocycles. The van der Waals surface area contributed by atoms with Crippen molar-refractivity contribution in [3.8, 4) is 0 Å². The Balaban J connectivity index is 0.000000508. The molecular weight excluding hydrogens is 480 g/mol. The van der Waals surface area contributed by atoms with Crippen molar-refractivity contribution in [1.29, 1.82) is 0 Å². The lowest BCUT2D eigenvalue weighted by Crippen LogP contribution is -2.34. The normalized spacial score (nSPS) is 27.9. The predicted molar refractivity (Wildman–Crippen MR) is 186 cm³/mol. The van der Waals surface area contributed by atoms with Gasteiger partial charge in [-0.3, -0.25) is 0 Å². The van der Waals surface area contributed by atoms with Gasteiger partial charge in [-0.15, -0.1) is 0 Å². The van der Waals surface area contributed by atoms with E-state index in [0.717, 1.165) is 35.5 Å². The standard InChI is InChI=1S/C12H22.C10H18.C10H8.4C2H6/c1-9-5-3-8-12-10(2)6-4-7-11(9)12;2*1-2-6-10-8-4-3-7-9(10)5-1;4*1-2/h9-12H,3-8H2,1-2H3;9-10H,1-8H2;1-8H;4*1-2H3. The van der Waals surface area contributed by atoms with Crippen LogP contribution in [0.2, 0.25) is 0 Å². The van der Waals surface area contributed by atoms with Gasteiger partial charge in [-0.1, -0.05) is 195 Å². The van der Waals surface area contributed by atoms with Crippen LogP contribution in [0.25, 0.3) is 10.8 Å². The van der Waals surface area contributed by atoms with Crippen LogP contribution in [0, 0.1) is 35.5 Å². The third kappa shape index (κ3) is 13.6. The smallest absolute Gasteiger partial charge is 0.0184 e. The first-order valence-electron chi connectivity index (χ1n) is 18.2. The first kappa shape index (κ1) is 38.7. The van der Waals surface area contributed by atoms with E-state index in [4.69, 9.17) is 0 Å². The molecule has 232 valence electrons. The summed E-state index contributed by atoms with van der Waals surface area (Å²) in [6.07, 6.45) is 21.5. The van der Waals surface area contributed by atoms with Crippen LogP contribution < -0.4 is 0 Å². The molecule has 0 heteroatoms. The summed E-state index contributed by atoms with van der Waals surface area (Å²) in [6, 6.07) is 16.7. The Bertz CT molecular complexity index is 682. The summed E-state index contributed by atoms with van der Waals surface area (Å²) in [5.74, 6) is 6.58. The van der Waals surface area contributed by atoms with Crippen LogP contribution in [0.15, 0.2) is 48.5 Å². The van der Waals surface area contributed by atoms with E-state index in [-0.39, 0.29) is 0 Å². The van der Waals surface area contributed by atoms with Crippen LogP contribution in [-0.4, -0.2) is 0 Å². The molecule has 40 heavy (non-hydrogen) atoms. The van der Waals surface area contributed by atoms with Crippen LogP contribution in [-0.2, 0) is 0 Å². The van der Waals surface area contributed by atoms with Crippen molar-refractivity contribution >= 4 is 10.8 Å². The molecule has 4 atom stereocenters. The maximum absolute atomic E-state index is 2.48. The Morgan fingerprint density at radius 2 is 0.650 bits per heavy atom.